The Hall–Kier alpha value is -0.570. The first-order chi connectivity index (χ1) is 9.13. The van der Waals surface area contributed by atoms with E-state index in [1.807, 2.05) is 12.1 Å². The molecule has 0 aliphatic carbocycles. The summed E-state index contributed by atoms with van der Waals surface area (Å²) in [5.74, 6) is 0.695. The van der Waals surface area contributed by atoms with Gasteiger partial charge in [0, 0.05) is 30.7 Å². The second-order valence-electron chi connectivity index (χ2n) is 6.01. The Morgan fingerprint density at radius 1 is 1.42 bits per heavy atom. The van der Waals surface area contributed by atoms with Crippen LogP contribution in [0.5, 0.6) is 0 Å². The van der Waals surface area contributed by atoms with Gasteiger partial charge in [-0.1, -0.05) is 37.6 Å². The molecule has 1 atom stereocenters. The lowest BCUT2D eigenvalue weighted by atomic mass is 10.1. The predicted octanol–water partition coefficient (Wildman–Crippen LogP) is 3.55. The molecule has 0 spiro atoms. The van der Waals surface area contributed by atoms with E-state index in [1.54, 1.807) is 0 Å². The van der Waals surface area contributed by atoms with Crippen molar-refractivity contribution < 1.29 is 0 Å². The van der Waals surface area contributed by atoms with Gasteiger partial charge in [-0.15, -0.1) is 0 Å². The maximum Gasteiger partial charge on any atom is 0.0409 e. The minimum atomic E-state index is 0.665. The lowest BCUT2D eigenvalue weighted by Gasteiger charge is -2.27. The number of hydrogen-bond donors (Lipinski definition) is 1. The zero-order valence-corrected chi connectivity index (χ0v) is 12.8. The highest BCUT2D eigenvalue weighted by Gasteiger charge is 2.18. The van der Waals surface area contributed by atoms with Gasteiger partial charge in [-0.3, -0.25) is 4.90 Å². The number of hydrogen-bond acceptors (Lipinski definition) is 2. The van der Waals surface area contributed by atoms with Gasteiger partial charge in [0.15, 0.2) is 0 Å². The summed E-state index contributed by atoms with van der Waals surface area (Å²) in [5, 5.41) is 4.42. The predicted molar refractivity (Wildman–Crippen MR) is 82.6 cm³/mol. The van der Waals surface area contributed by atoms with E-state index in [4.69, 9.17) is 11.6 Å². The molecular weight excluding hydrogens is 256 g/mol. The summed E-state index contributed by atoms with van der Waals surface area (Å²) >= 11 is 6.07. The Morgan fingerprint density at radius 3 is 2.89 bits per heavy atom. The van der Waals surface area contributed by atoms with Crippen molar-refractivity contribution in [1.29, 1.82) is 0 Å². The van der Waals surface area contributed by atoms with Crippen molar-refractivity contribution in [1.82, 2.24) is 10.2 Å². The highest BCUT2D eigenvalue weighted by Crippen LogP contribution is 2.15. The minimum absolute atomic E-state index is 0.665. The highest BCUT2D eigenvalue weighted by molar-refractivity contribution is 6.30. The number of halogens is 1. The molecule has 0 amide bonds. The Morgan fingerprint density at radius 2 is 2.26 bits per heavy atom. The summed E-state index contributed by atoms with van der Waals surface area (Å²) < 4.78 is 0. The molecule has 106 valence electrons. The Labute approximate surface area is 122 Å². The Kier molecular flexibility index (Phi) is 5.68. The van der Waals surface area contributed by atoms with Crippen molar-refractivity contribution in [3.63, 3.8) is 0 Å². The van der Waals surface area contributed by atoms with Crippen molar-refractivity contribution in [3.05, 3.63) is 34.9 Å². The van der Waals surface area contributed by atoms with E-state index in [0.29, 0.717) is 12.0 Å². The van der Waals surface area contributed by atoms with Crippen LogP contribution in [-0.2, 0) is 6.54 Å². The first-order valence-corrected chi connectivity index (χ1v) is 7.71. The Bertz CT molecular complexity index is 386. The van der Waals surface area contributed by atoms with Crippen molar-refractivity contribution in [3.8, 4) is 0 Å². The van der Waals surface area contributed by atoms with Gasteiger partial charge in [0.25, 0.3) is 0 Å². The molecule has 1 N–H and O–H groups in total. The van der Waals surface area contributed by atoms with Crippen LogP contribution < -0.4 is 5.32 Å². The quantitative estimate of drug-likeness (QED) is 0.857. The molecule has 3 heteroatoms. The summed E-state index contributed by atoms with van der Waals surface area (Å²) in [7, 11) is 0. The van der Waals surface area contributed by atoms with Crippen LogP contribution in [0.25, 0.3) is 0 Å². The first kappa shape index (κ1) is 14.8. The van der Waals surface area contributed by atoms with E-state index in [9.17, 15) is 0 Å². The van der Waals surface area contributed by atoms with Crippen molar-refractivity contribution >= 4 is 11.6 Å². The van der Waals surface area contributed by atoms with Gasteiger partial charge in [-0.05, 0) is 43.0 Å². The third kappa shape index (κ3) is 5.13. The molecule has 0 radical (unpaired) electrons. The molecule has 0 saturated carbocycles. The molecule has 2 rings (SSSR count). The summed E-state index contributed by atoms with van der Waals surface area (Å²) in [4.78, 5) is 2.55. The SMILES string of the molecule is CC(C)CN(Cc1cccc(Cl)c1)CC1CCCN1. The van der Waals surface area contributed by atoms with E-state index < -0.39 is 0 Å². The zero-order valence-electron chi connectivity index (χ0n) is 12.0. The molecule has 1 aliphatic heterocycles. The minimum Gasteiger partial charge on any atom is -0.313 e. The fourth-order valence-corrected chi connectivity index (χ4v) is 3.05. The standard InChI is InChI=1S/C16H25ClN2/c1-13(2)10-19(12-16-7-4-8-18-16)11-14-5-3-6-15(17)9-14/h3,5-6,9,13,16,18H,4,7-8,10-12H2,1-2H3. The van der Waals surface area contributed by atoms with Gasteiger partial charge in [0.2, 0.25) is 0 Å². The number of benzene rings is 1. The molecule has 1 aromatic rings. The molecule has 1 aliphatic rings. The average Bonchev–Trinajstić information content (AvgIpc) is 2.80. The van der Waals surface area contributed by atoms with Gasteiger partial charge in [0.1, 0.15) is 0 Å². The van der Waals surface area contributed by atoms with Crippen LogP contribution in [0.3, 0.4) is 0 Å². The van der Waals surface area contributed by atoms with Crippen LogP contribution in [0.1, 0.15) is 32.3 Å². The summed E-state index contributed by atoms with van der Waals surface area (Å²) in [5.41, 5.74) is 1.31. The highest BCUT2D eigenvalue weighted by atomic mass is 35.5. The van der Waals surface area contributed by atoms with Crippen molar-refractivity contribution in [2.75, 3.05) is 19.6 Å². The largest absolute Gasteiger partial charge is 0.313 e. The third-order valence-electron chi connectivity index (χ3n) is 3.56. The lowest BCUT2D eigenvalue weighted by Crippen LogP contribution is -2.38. The normalized spacial score (nSPS) is 19.5. The maximum absolute atomic E-state index is 6.07. The fourth-order valence-electron chi connectivity index (χ4n) is 2.84. The first-order valence-electron chi connectivity index (χ1n) is 7.33. The lowest BCUT2D eigenvalue weighted by molar-refractivity contribution is 0.216. The molecule has 2 nitrogen and oxygen atoms in total. The van der Waals surface area contributed by atoms with Crippen molar-refractivity contribution in [2.45, 2.75) is 39.3 Å². The number of nitrogens with zero attached hydrogens (tertiary/aromatic N) is 1. The van der Waals surface area contributed by atoms with Crippen LogP contribution in [0.2, 0.25) is 5.02 Å². The van der Waals surface area contributed by atoms with Crippen LogP contribution in [0.15, 0.2) is 24.3 Å². The molecule has 1 fully saturated rings. The maximum atomic E-state index is 6.07. The van der Waals surface area contributed by atoms with Gasteiger partial charge in [0.05, 0.1) is 0 Å². The summed E-state index contributed by atoms with van der Waals surface area (Å²) in [6.07, 6.45) is 2.63. The molecular formula is C16H25ClN2. The summed E-state index contributed by atoms with van der Waals surface area (Å²) in [6, 6.07) is 8.89. The summed E-state index contributed by atoms with van der Waals surface area (Å²) in [6.45, 7) is 9.03. The zero-order chi connectivity index (χ0) is 13.7. The molecule has 1 heterocycles. The second-order valence-corrected chi connectivity index (χ2v) is 6.45. The monoisotopic (exact) mass is 280 g/mol. The Balaban J connectivity index is 1.96. The van der Waals surface area contributed by atoms with Gasteiger partial charge in [-0.2, -0.15) is 0 Å². The third-order valence-corrected chi connectivity index (χ3v) is 3.79. The van der Waals surface area contributed by atoms with Crippen LogP contribution in [0.4, 0.5) is 0 Å². The molecule has 0 aromatic heterocycles. The molecule has 19 heavy (non-hydrogen) atoms. The van der Waals surface area contributed by atoms with Crippen LogP contribution in [-0.4, -0.2) is 30.6 Å². The van der Waals surface area contributed by atoms with Gasteiger partial charge >= 0.3 is 0 Å². The smallest absolute Gasteiger partial charge is 0.0409 e. The van der Waals surface area contributed by atoms with E-state index in [2.05, 4.69) is 36.2 Å². The molecule has 1 aromatic carbocycles. The number of rotatable bonds is 6. The second kappa shape index (κ2) is 7.28. The van der Waals surface area contributed by atoms with Crippen molar-refractivity contribution in [2.24, 2.45) is 5.92 Å². The van der Waals surface area contributed by atoms with E-state index in [-0.39, 0.29) is 0 Å². The molecule has 0 bridgehead atoms. The molecule has 1 saturated heterocycles. The van der Waals surface area contributed by atoms with E-state index >= 15 is 0 Å². The van der Waals surface area contributed by atoms with Gasteiger partial charge in [-0.25, -0.2) is 0 Å². The van der Waals surface area contributed by atoms with Gasteiger partial charge < -0.3 is 5.32 Å². The number of nitrogens with one attached hydrogen (secondary N) is 1. The van der Waals surface area contributed by atoms with Crippen LogP contribution >= 0.6 is 11.6 Å². The van der Waals surface area contributed by atoms with Crippen LogP contribution in [0, 0.1) is 5.92 Å². The van der Waals surface area contributed by atoms with E-state index in [1.165, 1.54) is 24.9 Å². The molecule has 1 unspecified atom stereocenters. The van der Waals surface area contributed by atoms with E-state index in [0.717, 1.165) is 24.7 Å². The fraction of sp³-hybridized carbons (Fsp3) is 0.625. The average molecular weight is 281 g/mol. The topological polar surface area (TPSA) is 15.3 Å².